The van der Waals surface area contributed by atoms with Gasteiger partial charge in [0.05, 0.1) is 5.41 Å². The largest absolute Gasteiger partial charge is 0.326 e. The highest BCUT2D eigenvalue weighted by molar-refractivity contribution is 5.90. The third-order valence-electron chi connectivity index (χ3n) is 6.23. The van der Waals surface area contributed by atoms with Gasteiger partial charge in [-0.25, -0.2) is 0 Å². The van der Waals surface area contributed by atoms with Gasteiger partial charge in [-0.3, -0.25) is 9.59 Å². The molecule has 0 saturated heterocycles. The van der Waals surface area contributed by atoms with E-state index in [9.17, 15) is 9.59 Å². The smallest absolute Gasteiger partial charge is 0.221 e. The summed E-state index contributed by atoms with van der Waals surface area (Å²) in [6.07, 6.45) is 0. The summed E-state index contributed by atoms with van der Waals surface area (Å²) in [6, 6.07) is 33.2. The van der Waals surface area contributed by atoms with Gasteiger partial charge in [0, 0.05) is 25.2 Å². The van der Waals surface area contributed by atoms with Crippen molar-refractivity contribution in [1.29, 1.82) is 0 Å². The number of nitrogens with one attached hydrogen (secondary N) is 2. The Morgan fingerprint density at radius 3 is 1.27 bits per heavy atom. The monoisotopic (exact) mass is 432 g/mol. The molecule has 5 rings (SSSR count). The normalized spacial score (nSPS) is 13.0. The minimum atomic E-state index is -0.517. The Labute approximate surface area is 193 Å². The molecule has 162 valence electrons. The second-order valence-corrected chi connectivity index (χ2v) is 8.36. The molecule has 4 aromatic rings. The van der Waals surface area contributed by atoms with E-state index in [1.165, 1.54) is 36.1 Å². The number of carbonyl (C=O) groups excluding carboxylic acids is 2. The lowest BCUT2D eigenvalue weighted by molar-refractivity contribution is -0.115. The van der Waals surface area contributed by atoms with Crippen molar-refractivity contribution in [3.05, 3.63) is 119 Å². The zero-order valence-corrected chi connectivity index (χ0v) is 18.6. The molecule has 0 fully saturated rings. The van der Waals surface area contributed by atoms with Crippen molar-refractivity contribution in [3.8, 4) is 11.1 Å². The molecule has 0 radical (unpaired) electrons. The lowest BCUT2D eigenvalue weighted by atomic mass is 9.67. The Hall–Kier alpha value is -4.18. The van der Waals surface area contributed by atoms with E-state index in [1.54, 1.807) is 0 Å². The molecule has 4 nitrogen and oxygen atoms in total. The molecule has 0 aromatic heterocycles. The second-order valence-electron chi connectivity index (χ2n) is 8.36. The van der Waals surface area contributed by atoms with Crippen molar-refractivity contribution in [1.82, 2.24) is 0 Å². The maximum atomic E-state index is 11.5. The maximum Gasteiger partial charge on any atom is 0.221 e. The molecule has 1 aliphatic carbocycles. The molecule has 0 aliphatic heterocycles. The van der Waals surface area contributed by atoms with E-state index in [1.807, 2.05) is 24.3 Å². The average molecular weight is 433 g/mol. The van der Waals surface area contributed by atoms with Crippen LogP contribution in [0.5, 0.6) is 0 Å². The van der Waals surface area contributed by atoms with Crippen LogP contribution in [0.1, 0.15) is 36.1 Å². The van der Waals surface area contributed by atoms with E-state index >= 15 is 0 Å². The van der Waals surface area contributed by atoms with Crippen LogP contribution in [-0.4, -0.2) is 11.8 Å². The van der Waals surface area contributed by atoms with Gasteiger partial charge >= 0.3 is 0 Å². The number of hydrogen-bond donors (Lipinski definition) is 2. The highest BCUT2D eigenvalue weighted by atomic mass is 16.2. The zero-order valence-electron chi connectivity index (χ0n) is 18.6. The van der Waals surface area contributed by atoms with Crippen LogP contribution >= 0.6 is 0 Å². The lowest BCUT2D eigenvalue weighted by Gasteiger charge is -2.34. The predicted molar refractivity (Wildman–Crippen MR) is 132 cm³/mol. The Bertz CT molecular complexity index is 1250. The quantitative estimate of drug-likeness (QED) is 0.368. The summed E-state index contributed by atoms with van der Waals surface area (Å²) in [5.41, 5.74) is 8.09. The number of benzene rings is 4. The summed E-state index contributed by atoms with van der Waals surface area (Å²) in [7, 11) is 0. The van der Waals surface area contributed by atoms with Crippen LogP contribution in [0.4, 0.5) is 11.4 Å². The molecule has 0 bridgehead atoms. The summed E-state index contributed by atoms with van der Waals surface area (Å²) in [4.78, 5) is 23.1. The molecule has 0 spiro atoms. The van der Waals surface area contributed by atoms with Crippen LogP contribution in [0.3, 0.4) is 0 Å². The Morgan fingerprint density at radius 2 is 0.909 bits per heavy atom. The molecular formula is C29H24N2O2. The molecule has 0 saturated carbocycles. The van der Waals surface area contributed by atoms with Crippen LogP contribution < -0.4 is 10.6 Å². The number of hydrogen-bond acceptors (Lipinski definition) is 2. The number of rotatable bonds is 4. The predicted octanol–water partition coefficient (Wildman–Crippen LogP) is 5.97. The first-order chi connectivity index (χ1) is 16.0. The first-order valence-corrected chi connectivity index (χ1v) is 11.0. The van der Waals surface area contributed by atoms with E-state index in [0.29, 0.717) is 0 Å². The topological polar surface area (TPSA) is 58.2 Å². The fourth-order valence-electron chi connectivity index (χ4n) is 5.04. The molecule has 33 heavy (non-hydrogen) atoms. The van der Waals surface area contributed by atoms with Gasteiger partial charge in [-0.1, -0.05) is 72.8 Å². The molecule has 2 N–H and O–H groups in total. The van der Waals surface area contributed by atoms with E-state index in [0.717, 1.165) is 22.5 Å². The average Bonchev–Trinajstić information content (AvgIpc) is 3.11. The van der Waals surface area contributed by atoms with Gasteiger partial charge in [-0.05, 0) is 57.6 Å². The standard InChI is InChI=1S/C29H24N2O2/c1-19(32)30-23-15-11-21(12-16-23)29(22-13-17-24(18-14-22)31-20(2)33)27-9-5-3-7-25(27)26-8-4-6-10-28(26)29/h3-18H,1-2H3,(H,30,32)(H,31,33). The fraction of sp³-hybridized carbons (Fsp3) is 0.103. The third kappa shape index (κ3) is 3.40. The van der Waals surface area contributed by atoms with Crippen molar-refractivity contribution in [2.45, 2.75) is 19.3 Å². The van der Waals surface area contributed by atoms with Crippen LogP contribution in [0.25, 0.3) is 11.1 Å². The van der Waals surface area contributed by atoms with Crippen LogP contribution in [0, 0.1) is 0 Å². The summed E-state index contributed by atoms with van der Waals surface area (Å²) in [5, 5.41) is 5.72. The Morgan fingerprint density at radius 1 is 0.545 bits per heavy atom. The van der Waals surface area contributed by atoms with Crippen LogP contribution in [0.2, 0.25) is 0 Å². The zero-order chi connectivity index (χ0) is 23.0. The number of amides is 2. The summed E-state index contributed by atoms with van der Waals surface area (Å²) in [5.74, 6) is -0.190. The van der Waals surface area contributed by atoms with Crippen molar-refractivity contribution in [2.75, 3.05) is 10.6 Å². The Balaban J connectivity index is 1.77. The van der Waals surface area contributed by atoms with Crippen LogP contribution in [0.15, 0.2) is 97.1 Å². The third-order valence-corrected chi connectivity index (χ3v) is 6.23. The first kappa shape index (κ1) is 20.7. The first-order valence-electron chi connectivity index (χ1n) is 11.0. The minimum absolute atomic E-state index is 0.0948. The number of anilines is 2. The van der Waals surface area contributed by atoms with Crippen molar-refractivity contribution in [2.24, 2.45) is 0 Å². The second kappa shape index (κ2) is 8.06. The molecule has 4 heteroatoms. The van der Waals surface area contributed by atoms with Crippen molar-refractivity contribution in [3.63, 3.8) is 0 Å². The van der Waals surface area contributed by atoms with E-state index < -0.39 is 5.41 Å². The van der Waals surface area contributed by atoms with Crippen molar-refractivity contribution < 1.29 is 9.59 Å². The Kier molecular flexibility index (Phi) is 5.06. The summed E-state index contributed by atoms with van der Waals surface area (Å²) < 4.78 is 0. The fourth-order valence-corrected chi connectivity index (χ4v) is 5.04. The SMILES string of the molecule is CC(=O)Nc1ccc(C2(c3ccc(NC(C)=O)cc3)c3ccccc3-c3ccccc32)cc1. The molecule has 0 atom stereocenters. The lowest BCUT2D eigenvalue weighted by Crippen LogP contribution is -2.28. The maximum absolute atomic E-state index is 11.5. The number of carbonyl (C=O) groups is 2. The number of fused-ring (bicyclic) bond motifs is 3. The van der Waals surface area contributed by atoms with E-state index in [4.69, 9.17) is 0 Å². The molecule has 4 aromatic carbocycles. The van der Waals surface area contributed by atoms with Gasteiger partial charge in [0.15, 0.2) is 0 Å². The molecule has 0 unspecified atom stereocenters. The van der Waals surface area contributed by atoms with Gasteiger partial charge in [-0.2, -0.15) is 0 Å². The van der Waals surface area contributed by atoms with Crippen molar-refractivity contribution >= 4 is 23.2 Å². The van der Waals surface area contributed by atoms with Gasteiger partial charge in [-0.15, -0.1) is 0 Å². The molecule has 0 heterocycles. The molecule has 2 amide bonds. The van der Waals surface area contributed by atoms with E-state index in [2.05, 4.69) is 83.4 Å². The minimum Gasteiger partial charge on any atom is -0.326 e. The highest BCUT2D eigenvalue weighted by Crippen LogP contribution is 2.56. The molecular weight excluding hydrogens is 408 g/mol. The molecule has 1 aliphatic rings. The van der Waals surface area contributed by atoms with Crippen LogP contribution in [-0.2, 0) is 15.0 Å². The van der Waals surface area contributed by atoms with Gasteiger partial charge in [0.2, 0.25) is 11.8 Å². The van der Waals surface area contributed by atoms with Gasteiger partial charge in [0.1, 0.15) is 0 Å². The van der Waals surface area contributed by atoms with Gasteiger partial charge < -0.3 is 10.6 Å². The van der Waals surface area contributed by atoms with E-state index in [-0.39, 0.29) is 11.8 Å². The van der Waals surface area contributed by atoms with Gasteiger partial charge in [0.25, 0.3) is 0 Å². The highest BCUT2D eigenvalue weighted by Gasteiger charge is 2.45. The summed E-state index contributed by atoms with van der Waals surface area (Å²) >= 11 is 0. The summed E-state index contributed by atoms with van der Waals surface area (Å²) in [6.45, 7) is 3.02.